The van der Waals surface area contributed by atoms with Crippen LogP contribution in [0.1, 0.15) is 18.4 Å². The fourth-order valence-electron chi connectivity index (χ4n) is 3.35. The Kier molecular flexibility index (Phi) is 6.01. The molecule has 0 bridgehead atoms. The van der Waals surface area contributed by atoms with E-state index in [-0.39, 0.29) is 11.9 Å². The molecule has 2 aliphatic heterocycles. The molecule has 0 unspecified atom stereocenters. The summed E-state index contributed by atoms with van der Waals surface area (Å²) >= 11 is 0. The van der Waals surface area contributed by atoms with E-state index in [2.05, 4.69) is 21.3 Å². The minimum atomic E-state index is 0.107. The Morgan fingerprint density at radius 3 is 2.78 bits per heavy atom. The second-order valence-corrected chi connectivity index (χ2v) is 6.93. The third kappa shape index (κ3) is 4.81. The van der Waals surface area contributed by atoms with Gasteiger partial charge in [-0.05, 0) is 38.0 Å². The molecule has 3 rings (SSSR count). The summed E-state index contributed by atoms with van der Waals surface area (Å²) in [6.45, 7) is 3.79. The molecular formula is C20H28N6O. The number of hydrogen-bond acceptors (Lipinski definition) is 5. The lowest BCUT2D eigenvalue weighted by molar-refractivity contribution is -0.130. The predicted octanol–water partition coefficient (Wildman–Crippen LogP) is 1.51. The fraction of sp³-hybridized carbons (Fsp3) is 0.400. The second kappa shape index (κ2) is 8.62. The Labute approximate surface area is 160 Å². The molecule has 0 radical (unpaired) electrons. The summed E-state index contributed by atoms with van der Waals surface area (Å²) in [5.41, 5.74) is 2.97. The number of piperidine rings is 1. The van der Waals surface area contributed by atoms with Gasteiger partial charge in [0, 0.05) is 38.1 Å². The van der Waals surface area contributed by atoms with E-state index in [1.165, 1.54) is 5.56 Å². The normalized spacial score (nSPS) is 20.9. The molecule has 1 saturated heterocycles. The molecule has 0 aromatic heterocycles. The lowest BCUT2D eigenvalue weighted by Gasteiger charge is -2.34. The maximum Gasteiger partial charge on any atom is 0.241 e. The van der Waals surface area contributed by atoms with Crippen LogP contribution < -0.4 is 21.3 Å². The van der Waals surface area contributed by atoms with Crippen molar-refractivity contribution in [2.24, 2.45) is 0 Å². The number of carbonyl (C=O) groups is 1. The van der Waals surface area contributed by atoms with Crippen molar-refractivity contribution >= 4 is 17.4 Å². The smallest absolute Gasteiger partial charge is 0.241 e. The zero-order valence-corrected chi connectivity index (χ0v) is 15.9. The topological polar surface area (TPSA) is 92.3 Å². The molecule has 7 nitrogen and oxygen atoms in total. The van der Waals surface area contributed by atoms with Crippen molar-refractivity contribution < 1.29 is 4.79 Å². The second-order valence-electron chi connectivity index (χ2n) is 6.93. The summed E-state index contributed by atoms with van der Waals surface area (Å²) in [6, 6.07) is 8.22. The van der Waals surface area contributed by atoms with Gasteiger partial charge in [-0.3, -0.25) is 10.2 Å². The van der Waals surface area contributed by atoms with Crippen molar-refractivity contribution in [2.75, 3.05) is 32.0 Å². The minimum Gasteiger partial charge on any atom is -0.376 e. The van der Waals surface area contributed by atoms with E-state index in [9.17, 15) is 4.79 Å². The van der Waals surface area contributed by atoms with Crippen LogP contribution in [0.5, 0.6) is 0 Å². The van der Waals surface area contributed by atoms with Crippen LogP contribution >= 0.6 is 0 Å². The van der Waals surface area contributed by atoms with Crippen molar-refractivity contribution in [3.63, 3.8) is 0 Å². The maximum atomic E-state index is 12.6. The number of aryl methyl sites for hydroxylation is 1. The van der Waals surface area contributed by atoms with E-state index in [1.807, 2.05) is 49.2 Å². The van der Waals surface area contributed by atoms with Gasteiger partial charge in [0.15, 0.2) is 0 Å². The van der Waals surface area contributed by atoms with E-state index in [4.69, 9.17) is 5.41 Å². The number of rotatable bonds is 6. The summed E-state index contributed by atoms with van der Waals surface area (Å²) in [5.74, 6) is 1.30. The van der Waals surface area contributed by atoms with Crippen LogP contribution in [-0.4, -0.2) is 49.4 Å². The van der Waals surface area contributed by atoms with Gasteiger partial charge in [-0.1, -0.05) is 17.7 Å². The molecule has 7 heteroatoms. The van der Waals surface area contributed by atoms with Crippen LogP contribution in [0.25, 0.3) is 0 Å². The fourth-order valence-corrected chi connectivity index (χ4v) is 3.35. The molecule has 27 heavy (non-hydrogen) atoms. The number of likely N-dealkylation sites (tertiary alicyclic amines) is 1. The molecule has 1 atom stereocenters. The lowest BCUT2D eigenvalue weighted by Crippen LogP contribution is -2.50. The standard InChI is InChI=1S/C20H28N6O/c1-14-5-7-15(8-6-14)24-12-18(27)26-11-3-4-16(13-26)25-20(22-2)17-9-10-23-19(17)21/h5-10,16,22,24-25H,3-4,11-13H2,1-2H3,(H2,21,23)/b20-17+/t16-/m0/s1. The van der Waals surface area contributed by atoms with Crippen LogP contribution in [0, 0.1) is 12.3 Å². The van der Waals surface area contributed by atoms with E-state index in [0.29, 0.717) is 18.9 Å². The lowest BCUT2D eigenvalue weighted by atomic mass is 10.1. The van der Waals surface area contributed by atoms with Crippen LogP contribution in [0.4, 0.5) is 5.69 Å². The zero-order chi connectivity index (χ0) is 19.2. The highest BCUT2D eigenvalue weighted by molar-refractivity contribution is 6.02. The Balaban J connectivity index is 1.55. The first-order valence-corrected chi connectivity index (χ1v) is 9.35. The van der Waals surface area contributed by atoms with Crippen molar-refractivity contribution in [2.45, 2.75) is 25.8 Å². The molecule has 1 fully saturated rings. The summed E-state index contributed by atoms with van der Waals surface area (Å²) in [6.07, 6.45) is 5.59. The first-order valence-electron chi connectivity index (χ1n) is 9.35. The summed E-state index contributed by atoms with van der Waals surface area (Å²) in [4.78, 5) is 14.5. The molecule has 2 aliphatic rings. The van der Waals surface area contributed by atoms with Gasteiger partial charge >= 0.3 is 0 Å². The molecule has 0 saturated carbocycles. The van der Waals surface area contributed by atoms with Gasteiger partial charge in [0.2, 0.25) is 5.91 Å². The van der Waals surface area contributed by atoms with E-state index in [0.717, 1.165) is 36.5 Å². The molecule has 0 spiro atoms. The van der Waals surface area contributed by atoms with E-state index >= 15 is 0 Å². The van der Waals surface area contributed by atoms with Crippen molar-refractivity contribution in [1.82, 2.24) is 20.9 Å². The van der Waals surface area contributed by atoms with Gasteiger partial charge in [-0.25, -0.2) is 0 Å². The zero-order valence-electron chi connectivity index (χ0n) is 15.9. The molecule has 144 valence electrons. The molecule has 1 amide bonds. The SMILES string of the molecule is CN/C(N[C@H]1CCCN(C(=O)CNc2ccc(C)cc2)C1)=C1/C=CNC1=N. The highest BCUT2D eigenvalue weighted by atomic mass is 16.2. The van der Waals surface area contributed by atoms with Gasteiger partial charge in [-0.2, -0.15) is 0 Å². The van der Waals surface area contributed by atoms with Crippen LogP contribution in [-0.2, 0) is 4.79 Å². The van der Waals surface area contributed by atoms with Crippen LogP contribution in [0.3, 0.4) is 0 Å². The number of amidine groups is 1. The largest absolute Gasteiger partial charge is 0.376 e. The maximum absolute atomic E-state index is 12.6. The Bertz CT molecular complexity index is 752. The first-order chi connectivity index (χ1) is 13.1. The van der Waals surface area contributed by atoms with Crippen LogP contribution in [0.15, 0.2) is 47.9 Å². The third-order valence-corrected chi connectivity index (χ3v) is 4.88. The third-order valence-electron chi connectivity index (χ3n) is 4.88. The molecule has 0 aliphatic carbocycles. The number of benzene rings is 1. The first kappa shape index (κ1) is 18.8. The highest BCUT2D eigenvalue weighted by Crippen LogP contribution is 2.15. The average Bonchev–Trinajstić information content (AvgIpc) is 3.11. The molecule has 1 aromatic rings. The monoisotopic (exact) mass is 368 g/mol. The Hall–Kier alpha value is -2.96. The van der Waals surface area contributed by atoms with Crippen molar-refractivity contribution in [1.29, 1.82) is 5.41 Å². The van der Waals surface area contributed by atoms with Crippen molar-refractivity contribution in [3.8, 4) is 0 Å². The number of hydrogen-bond donors (Lipinski definition) is 5. The van der Waals surface area contributed by atoms with Gasteiger partial charge in [0.1, 0.15) is 11.7 Å². The number of carbonyl (C=O) groups excluding carboxylic acids is 1. The molecule has 1 aromatic carbocycles. The summed E-state index contributed by atoms with van der Waals surface area (Å²) < 4.78 is 0. The van der Waals surface area contributed by atoms with E-state index in [1.54, 1.807) is 6.20 Å². The minimum absolute atomic E-state index is 0.107. The Morgan fingerprint density at radius 1 is 1.33 bits per heavy atom. The van der Waals surface area contributed by atoms with Crippen molar-refractivity contribution in [3.05, 3.63) is 53.5 Å². The number of amides is 1. The highest BCUT2D eigenvalue weighted by Gasteiger charge is 2.25. The summed E-state index contributed by atoms with van der Waals surface area (Å²) in [5, 5.41) is 20.6. The predicted molar refractivity (Wildman–Crippen MR) is 108 cm³/mol. The number of anilines is 1. The van der Waals surface area contributed by atoms with E-state index < -0.39 is 0 Å². The van der Waals surface area contributed by atoms with Gasteiger partial charge < -0.3 is 26.2 Å². The quantitative estimate of drug-likeness (QED) is 0.525. The van der Waals surface area contributed by atoms with Gasteiger partial charge in [0.05, 0.1) is 12.1 Å². The summed E-state index contributed by atoms with van der Waals surface area (Å²) in [7, 11) is 1.84. The van der Waals surface area contributed by atoms with Crippen LogP contribution in [0.2, 0.25) is 0 Å². The number of nitrogens with one attached hydrogen (secondary N) is 5. The molecule has 2 heterocycles. The van der Waals surface area contributed by atoms with Gasteiger partial charge in [-0.15, -0.1) is 0 Å². The average molecular weight is 368 g/mol. The van der Waals surface area contributed by atoms with Gasteiger partial charge in [0.25, 0.3) is 0 Å². The molecular weight excluding hydrogens is 340 g/mol. The Morgan fingerprint density at radius 2 is 2.11 bits per heavy atom. The molecule has 5 N–H and O–H groups in total. The number of nitrogens with zero attached hydrogens (tertiary/aromatic N) is 1.